The molecule has 1 aliphatic rings. The van der Waals surface area contributed by atoms with Gasteiger partial charge in [0.05, 0.1) is 19.3 Å². The van der Waals surface area contributed by atoms with Crippen LogP contribution in [0, 0.1) is 12.8 Å². The second-order valence-electron chi connectivity index (χ2n) is 7.23. The van der Waals surface area contributed by atoms with Crippen molar-refractivity contribution in [3.63, 3.8) is 0 Å². The van der Waals surface area contributed by atoms with Crippen LogP contribution in [0.1, 0.15) is 37.8 Å². The summed E-state index contributed by atoms with van der Waals surface area (Å²) >= 11 is 0. The summed E-state index contributed by atoms with van der Waals surface area (Å²) in [6.45, 7) is 6.76. The zero-order valence-electron chi connectivity index (χ0n) is 16.4. The van der Waals surface area contributed by atoms with Crippen molar-refractivity contribution < 1.29 is 14.3 Å². The summed E-state index contributed by atoms with van der Waals surface area (Å²) in [5.74, 6) is 1.79. The van der Waals surface area contributed by atoms with Gasteiger partial charge < -0.3 is 14.8 Å². The van der Waals surface area contributed by atoms with Gasteiger partial charge in [-0.3, -0.25) is 4.79 Å². The number of hydrogen-bond donors (Lipinski definition) is 1. The molecule has 0 spiro atoms. The highest BCUT2D eigenvalue weighted by atomic mass is 16.5. The lowest BCUT2D eigenvalue weighted by Gasteiger charge is -2.14. The molecule has 6 nitrogen and oxygen atoms in total. The number of amides is 1. The Balaban J connectivity index is 1.72. The highest BCUT2D eigenvalue weighted by Gasteiger charge is 2.27. The maximum absolute atomic E-state index is 12.0. The molecule has 27 heavy (non-hydrogen) atoms. The number of nitrogens with one attached hydrogen (secondary N) is 1. The monoisotopic (exact) mass is 369 g/mol. The average Bonchev–Trinajstić information content (AvgIpc) is 3.08. The van der Waals surface area contributed by atoms with Gasteiger partial charge >= 0.3 is 0 Å². The third kappa shape index (κ3) is 4.56. The van der Waals surface area contributed by atoms with E-state index in [-0.39, 0.29) is 12.0 Å². The molecule has 1 N–H and O–H groups in total. The molecular formula is C21H27N3O3. The summed E-state index contributed by atoms with van der Waals surface area (Å²) in [5, 5.41) is 11.3. The summed E-state index contributed by atoms with van der Waals surface area (Å²) in [5.41, 5.74) is 3.96. The number of hydrogen-bond acceptors (Lipinski definition) is 5. The first-order valence-corrected chi connectivity index (χ1v) is 9.45. The molecule has 3 rings (SSSR count). The molecule has 1 amide bonds. The van der Waals surface area contributed by atoms with Crippen LogP contribution in [0.2, 0.25) is 0 Å². The molecule has 144 valence electrons. The quantitative estimate of drug-likeness (QED) is 0.810. The first kappa shape index (κ1) is 19.1. The minimum Gasteiger partial charge on any atom is -0.487 e. The smallest absolute Gasteiger partial charge is 0.233 e. The van der Waals surface area contributed by atoms with Crippen LogP contribution >= 0.6 is 0 Å². The van der Waals surface area contributed by atoms with Crippen LogP contribution in [0.5, 0.6) is 11.6 Å². The molecule has 1 aromatic heterocycles. The molecular weight excluding hydrogens is 342 g/mol. The van der Waals surface area contributed by atoms with E-state index in [0.29, 0.717) is 24.8 Å². The van der Waals surface area contributed by atoms with E-state index in [2.05, 4.69) is 48.4 Å². The molecule has 0 radical (unpaired) electrons. The number of carbonyl (C=O) groups is 1. The van der Waals surface area contributed by atoms with Gasteiger partial charge in [-0.15, -0.1) is 10.2 Å². The molecule has 1 aliphatic heterocycles. The Morgan fingerprint density at radius 2 is 2.19 bits per heavy atom. The Morgan fingerprint density at radius 3 is 2.85 bits per heavy atom. The van der Waals surface area contributed by atoms with E-state index in [1.165, 1.54) is 0 Å². The number of carbonyl (C=O) groups excluding carboxylic acids is 1. The molecule has 0 saturated carbocycles. The van der Waals surface area contributed by atoms with E-state index in [9.17, 15) is 4.79 Å². The largest absolute Gasteiger partial charge is 0.487 e. The van der Waals surface area contributed by atoms with Gasteiger partial charge in [-0.05, 0) is 36.1 Å². The van der Waals surface area contributed by atoms with Crippen molar-refractivity contribution in [1.82, 2.24) is 15.5 Å². The summed E-state index contributed by atoms with van der Waals surface area (Å²) in [7, 11) is 1.57. The van der Waals surface area contributed by atoms with Crippen molar-refractivity contribution in [3.8, 4) is 22.9 Å². The van der Waals surface area contributed by atoms with Gasteiger partial charge in [0, 0.05) is 24.5 Å². The molecule has 0 saturated heterocycles. The molecule has 0 bridgehead atoms. The number of fused-ring (bicyclic) bond motifs is 1. The van der Waals surface area contributed by atoms with E-state index in [1.54, 1.807) is 13.2 Å². The summed E-state index contributed by atoms with van der Waals surface area (Å²) in [4.78, 5) is 12.0. The van der Waals surface area contributed by atoms with E-state index in [4.69, 9.17) is 9.47 Å². The number of nitrogens with zero attached hydrogens (tertiary/aromatic N) is 2. The number of rotatable bonds is 7. The van der Waals surface area contributed by atoms with Crippen molar-refractivity contribution in [2.24, 2.45) is 5.92 Å². The fourth-order valence-corrected chi connectivity index (χ4v) is 3.23. The topological polar surface area (TPSA) is 73.3 Å². The number of ether oxygens (including phenoxy) is 2. The minimum atomic E-state index is -0.0624. The van der Waals surface area contributed by atoms with Crippen molar-refractivity contribution in [2.75, 3.05) is 13.7 Å². The lowest BCUT2D eigenvalue weighted by molar-refractivity contribution is -0.122. The number of aromatic nitrogens is 2. The second kappa shape index (κ2) is 8.37. The van der Waals surface area contributed by atoms with Gasteiger partial charge in [0.25, 0.3) is 0 Å². The molecule has 0 fully saturated rings. The summed E-state index contributed by atoms with van der Waals surface area (Å²) in [6, 6.07) is 7.86. The van der Waals surface area contributed by atoms with Crippen LogP contribution in [0.3, 0.4) is 0 Å². The van der Waals surface area contributed by atoms with Crippen LogP contribution in [0.4, 0.5) is 0 Å². The first-order chi connectivity index (χ1) is 13.0. The Hall–Kier alpha value is -2.63. The summed E-state index contributed by atoms with van der Waals surface area (Å²) in [6.07, 6.45) is 2.27. The van der Waals surface area contributed by atoms with Crippen molar-refractivity contribution in [3.05, 3.63) is 35.4 Å². The molecule has 2 atom stereocenters. The Bertz CT molecular complexity index is 805. The van der Waals surface area contributed by atoms with Crippen molar-refractivity contribution in [2.45, 2.75) is 46.1 Å². The first-order valence-electron chi connectivity index (χ1n) is 9.45. The minimum absolute atomic E-state index is 0.0624. The van der Waals surface area contributed by atoms with Gasteiger partial charge in [0.15, 0.2) is 0 Å². The van der Waals surface area contributed by atoms with E-state index in [1.807, 2.05) is 6.07 Å². The van der Waals surface area contributed by atoms with Crippen LogP contribution in [0.25, 0.3) is 11.3 Å². The molecule has 2 heterocycles. The van der Waals surface area contributed by atoms with Crippen molar-refractivity contribution in [1.29, 1.82) is 0 Å². The normalized spacial score (nSPS) is 16.4. The van der Waals surface area contributed by atoms with E-state index in [0.717, 1.165) is 41.0 Å². The Kier molecular flexibility index (Phi) is 5.94. The highest BCUT2D eigenvalue weighted by Crippen LogP contribution is 2.39. The van der Waals surface area contributed by atoms with Crippen molar-refractivity contribution >= 4 is 5.91 Å². The van der Waals surface area contributed by atoms with Gasteiger partial charge in [-0.25, -0.2) is 0 Å². The van der Waals surface area contributed by atoms with Crippen LogP contribution in [0.15, 0.2) is 24.3 Å². The highest BCUT2D eigenvalue weighted by molar-refractivity contribution is 5.76. The third-order valence-electron chi connectivity index (χ3n) is 4.93. The van der Waals surface area contributed by atoms with Crippen LogP contribution < -0.4 is 14.8 Å². The molecule has 6 heteroatoms. The zero-order valence-corrected chi connectivity index (χ0v) is 16.4. The van der Waals surface area contributed by atoms with E-state index >= 15 is 0 Å². The Labute approximate surface area is 160 Å². The fourth-order valence-electron chi connectivity index (χ4n) is 3.23. The predicted octanol–water partition coefficient (Wildman–Crippen LogP) is 3.32. The fraction of sp³-hybridized carbons (Fsp3) is 0.476. The molecule has 2 aromatic rings. The van der Waals surface area contributed by atoms with Gasteiger partial charge in [0.1, 0.15) is 11.9 Å². The number of methoxy groups -OCH3 is 1. The zero-order chi connectivity index (χ0) is 19.4. The maximum atomic E-state index is 12.0. The predicted molar refractivity (Wildman–Crippen MR) is 104 cm³/mol. The molecule has 0 aliphatic carbocycles. The second-order valence-corrected chi connectivity index (χ2v) is 7.23. The third-order valence-corrected chi connectivity index (χ3v) is 4.93. The average molecular weight is 369 g/mol. The van der Waals surface area contributed by atoms with Gasteiger partial charge in [0.2, 0.25) is 11.8 Å². The maximum Gasteiger partial charge on any atom is 0.233 e. The number of aryl methyl sites for hydroxylation is 1. The molecule has 0 unspecified atom stereocenters. The van der Waals surface area contributed by atoms with Crippen LogP contribution in [-0.4, -0.2) is 35.9 Å². The van der Waals surface area contributed by atoms with Gasteiger partial charge in [-0.2, -0.15) is 0 Å². The van der Waals surface area contributed by atoms with Crippen LogP contribution in [-0.2, 0) is 11.2 Å². The standard InChI is InChI=1S/C21H27N3O3/c1-5-13(2)10-19(25)22-12-16-11-15-8-14(3)9-17(21(15)27-16)18-6-7-20(26-4)24-23-18/h6-9,13,16H,5,10-12H2,1-4H3,(H,22,25)/t13-,16+/m1/s1. The molecule has 1 aromatic carbocycles. The van der Waals surface area contributed by atoms with E-state index < -0.39 is 0 Å². The Morgan fingerprint density at radius 1 is 1.37 bits per heavy atom. The SMILES string of the molecule is CC[C@@H](C)CC(=O)NC[C@@H]1Cc2cc(C)cc(-c3ccc(OC)nn3)c2O1. The number of benzene rings is 1. The lowest BCUT2D eigenvalue weighted by atomic mass is 10.0. The van der Waals surface area contributed by atoms with Gasteiger partial charge in [-0.1, -0.05) is 26.3 Å². The summed E-state index contributed by atoms with van der Waals surface area (Å²) < 4.78 is 11.3. The lowest BCUT2D eigenvalue weighted by Crippen LogP contribution is -2.35.